The van der Waals surface area contributed by atoms with Crippen LogP contribution in [-0.4, -0.2) is 40.5 Å². The molecule has 1 aromatic rings. The van der Waals surface area contributed by atoms with E-state index in [0.29, 0.717) is 24.0 Å². The number of benzene rings is 1. The summed E-state index contributed by atoms with van der Waals surface area (Å²) in [5.74, 6) is -0.513. The van der Waals surface area contributed by atoms with Crippen LogP contribution in [0.3, 0.4) is 0 Å². The van der Waals surface area contributed by atoms with Crippen LogP contribution in [0.1, 0.15) is 54.3 Å². The summed E-state index contributed by atoms with van der Waals surface area (Å²) in [6.45, 7) is 5.61. The molecule has 0 unspecified atom stereocenters. The van der Waals surface area contributed by atoms with Crippen molar-refractivity contribution in [3.63, 3.8) is 0 Å². The highest BCUT2D eigenvalue weighted by molar-refractivity contribution is 6.21. The Balaban J connectivity index is 1.58. The number of carbonyl (C=O) groups excluding carboxylic acids is 3. The Hall–Kier alpha value is -2.37. The summed E-state index contributed by atoms with van der Waals surface area (Å²) in [5, 5.41) is 2.73. The van der Waals surface area contributed by atoms with Crippen molar-refractivity contribution in [1.29, 1.82) is 0 Å². The molecule has 122 valence electrons. The van der Waals surface area contributed by atoms with Crippen LogP contribution in [0.15, 0.2) is 24.3 Å². The third-order valence-corrected chi connectivity index (χ3v) is 4.01. The molecule has 3 amide bonds. The average Bonchev–Trinajstić information content (AvgIpc) is 2.65. The number of ether oxygens (including phenoxy) is 1. The predicted molar refractivity (Wildman–Crippen MR) is 83.1 cm³/mol. The minimum atomic E-state index is -0.469. The fourth-order valence-electron chi connectivity index (χ4n) is 2.87. The lowest BCUT2D eigenvalue weighted by atomic mass is 9.88. The molecule has 0 atom stereocenters. The molecular weight excluding hydrogens is 296 g/mol. The van der Waals surface area contributed by atoms with Gasteiger partial charge in [0.1, 0.15) is 6.10 Å². The van der Waals surface area contributed by atoms with Crippen molar-refractivity contribution in [2.24, 2.45) is 0 Å². The first-order valence-electron chi connectivity index (χ1n) is 7.72. The average molecular weight is 316 g/mol. The fraction of sp³-hybridized carbons (Fsp3) is 0.471. The number of rotatable bonds is 2. The molecule has 3 rings (SSSR count). The lowest BCUT2D eigenvalue weighted by molar-refractivity contribution is -0.00299. The monoisotopic (exact) mass is 316 g/mol. The third-order valence-electron chi connectivity index (χ3n) is 4.01. The standard InChI is InChI=1S/C17H20N2O4/c1-17(2,3)18-16(22)23-11-8-10(9-11)19-14(20)12-6-4-5-7-13(12)15(19)21/h4-7,10-11H,8-9H2,1-3H3,(H,18,22). The number of hydrogen-bond donors (Lipinski definition) is 1. The van der Waals surface area contributed by atoms with Gasteiger partial charge in [0, 0.05) is 24.4 Å². The number of hydrogen-bond acceptors (Lipinski definition) is 4. The zero-order valence-corrected chi connectivity index (χ0v) is 13.5. The van der Waals surface area contributed by atoms with Gasteiger partial charge >= 0.3 is 6.09 Å². The van der Waals surface area contributed by atoms with Gasteiger partial charge in [-0.3, -0.25) is 14.5 Å². The summed E-state index contributed by atoms with van der Waals surface area (Å²) < 4.78 is 5.30. The van der Waals surface area contributed by atoms with Gasteiger partial charge in [-0.25, -0.2) is 4.79 Å². The molecule has 23 heavy (non-hydrogen) atoms. The minimum Gasteiger partial charge on any atom is -0.446 e. The second-order valence-corrected chi connectivity index (χ2v) is 7.05. The highest BCUT2D eigenvalue weighted by Gasteiger charge is 2.46. The lowest BCUT2D eigenvalue weighted by Gasteiger charge is -2.39. The Morgan fingerprint density at radius 1 is 1.13 bits per heavy atom. The Kier molecular flexibility index (Phi) is 3.62. The minimum absolute atomic E-state index is 0.199. The molecule has 1 aliphatic heterocycles. The Bertz CT molecular complexity index is 636. The Labute approximate surface area is 134 Å². The number of carbonyl (C=O) groups is 3. The van der Waals surface area contributed by atoms with Crippen molar-refractivity contribution in [1.82, 2.24) is 10.2 Å². The van der Waals surface area contributed by atoms with E-state index in [-0.39, 0.29) is 29.5 Å². The van der Waals surface area contributed by atoms with Crippen molar-refractivity contribution in [3.8, 4) is 0 Å². The molecule has 0 saturated heterocycles. The van der Waals surface area contributed by atoms with Crippen LogP contribution >= 0.6 is 0 Å². The number of amides is 3. The smallest absolute Gasteiger partial charge is 0.407 e. The van der Waals surface area contributed by atoms with Gasteiger partial charge in [0.05, 0.1) is 11.1 Å². The van der Waals surface area contributed by atoms with Gasteiger partial charge in [-0.05, 0) is 32.9 Å². The number of fused-ring (bicyclic) bond motifs is 1. The van der Waals surface area contributed by atoms with E-state index in [1.807, 2.05) is 20.8 Å². The van der Waals surface area contributed by atoms with Crippen LogP contribution in [0.4, 0.5) is 4.79 Å². The molecule has 0 radical (unpaired) electrons. The lowest BCUT2D eigenvalue weighted by Crippen LogP contribution is -2.52. The van der Waals surface area contributed by atoms with E-state index in [2.05, 4.69) is 5.32 Å². The van der Waals surface area contributed by atoms with E-state index >= 15 is 0 Å². The van der Waals surface area contributed by atoms with E-state index in [4.69, 9.17) is 4.74 Å². The topological polar surface area (TPSA) is 75.7 Å². The maximum Gasteiger partial charge on any atom is 0.407 e. The van der Waals surface area contributed by atoms with Gasteiger partial charge in [-0.15, -0.1) is 0 Å². The van der Waals surface area contributed by atoms with Crippen LogP contribution in [0, 0.1) is 0 Å². The second-order valence-electron chi connectivity index (χ2n) is 7.05. The zero-order valence-electron chi connectivity index (χ0n) is 13.5. The van der Waals surface area contributed by atoms with Gasteiger partial charge in [-0.1, -0.05) is 12.1 Å². The van der Waals surface area contributed by atoms with E-state index in [1.54, 1.807) is 24.3 Å². The quantitative estimate of drug-likeness (QED) is 0.850. The molecule has 6 nitrogen and oxygen atoms in total. The normalized spacial score (nSPS) is 23.3. The first kappa shape index (κ1) is 15.5. The summed E-state index contributed by atoms with van der Waals surface area (Å²) >= 11 is 0. The van der Waals surface area contributed by atoms with E-state index in [1.165, 1.54) is 4.90 Å². The fourth-order valence-corrected chi connectivity index (χ4v) is 2.87. The van der Waals surface area contributed by atoms with Crippen molar-refractivity contribution >= 4 is 17.9 Å². The molecule has 1 N–H and O–H groups in total. The molecule has 2 aliphatic rings. The zero-order chi connectivity index (χ0) is 16.8. The molecule has 0 aromatic heterocycles. The SMILES string of the molecule is CC(C)(C)NC(=O)OC1CC(N2C(=O)c3ccccc3C2=O)C1. The van der Waals surface area contributed by atoms with Gasteiger partial charge < -0.3 is 10.1 Å². The molecule has 1 aromatic carbocycles. The van der Waals surface area contributed by atoms with Crippen molar-refractivity contribution in [2.75, 3.05) is 0 Å². The molecule has 1 fully saturated rings. The largest absolute Gasteiger partial charge is 0.446 e. The Morgan fingerprint density at radius 2 is 1.65 bits per heavy atom. The van der Waals surface area contributed by atoms with Crippen LogP contribution < -0.4 is 5.32 Å². The third kappa shape index (κ3) is 2.93. The summed E-state index contributed by atoms with van der Waals surface area (Å²) in [6.07, 6.45) is 0.251. The van der Waals surface area contributed by atoms with Crippen LogP contribution in [-0.2, 0) is 4.74 Å². The van der Waals surface area contributed by atoms with E-state index in [9.17, 15) is 14.4 Å². The summed E-state index contributed by atoms with van der Waals surface area (Å²) in [7, 11) is 0. The Morgan fingerprint density at radius 3 is 2.13 bits per heavy atom. The molecular formula is C17H20N2O4. The van der Waals surface area contributed by atoms with Gasteiger partial charge in [0.2, 0.25) is 0 Å². The molecule has 1 saturated carbocycles. The summed E-state index contributed by atoms with van der Waals surface area (Å²) in [6, 6.07) is 6.63. The van der Waals surface area contributed by atoms with Gasteiger partial charge in [0.25, 0.3) is 11.8 Å². The number of nitrogens with one attached hydrogen (secondary N) is 1. The van der Waals surface area contributed by atoms with Crippen molar-refractivity contribution in [3.05, 3.63) is 35.4 Å². The van der Waals surface area contributed by atoms with Crippen LogP contribution in [0.25, 0.3) is 0 Å². The van der Waals surface area contributed by atoms with Gasteiger partial charge in [0.15, 0.2) is 0 Å². The van der Waals surface area contributed by atoms with Crippen LogP contribution in [0.2, 0.25) is 0 Å². The van der Waals surface area contributed by atoms with Crippen molar-refractivity contribution in [2.45, 2.75) is 51.3 Å². The maximum atomic E-state index is 12.3. The number of imide groups is 1. The maximum absolute atomic E-state index is 12.3. The molecule has 6 heteroatoms. The number of nitrogens with zero attached hydrogens (tertiary/aromatic N) is 1. The highest BCUT2D eigenvalue weighted by atomic mass is 16.6. The summed E-state index contributed by atoms with van der Waals surface area (Å²) in [5.41, 5.74) is 0.544. The van der Waals surface area contributed by atoms with Crippen LogP contribution in [0.5, 0.6) is 0 Å². The van der Waals surface area contributed by atoms with E-state index < -0.39 is 6.09 Å². The second kappa shape index (κ2) is 5.37. The van der Waals surface area contributed by atoms with Crippen molar-refractivity contribution < 1.29 is 19.1 Å². The summed E-state index contributed by atoms with van der Waals surface area (Å²) in [4.78, 5) is 37.7. The predicted octanol–water partition coefficient (Wildman–Crippen LogP) is 2.34. The van der Waals surface area contributed by atoms with Gasteiger partial charge in [-0.2, -0.15) is 0 Å². The molecule has 1 aliphatic carbocycles. The van der Waals surface area contributed by atoms with E-state index in [0.717, 1.165) is 0 Å². The molecule has 0 spiro atoms. The first-order chi connectivity index (χ1) is 10.8. The first-order valence-corrected chi connectivity index (χ1v) is 7.72. The molecule has 0 bridgehead atoms. The number of alkyl carbamates (subject to hydrolysis) is 1. The molecule has 1 heterocycles. The highest BCUT2D eigenvalue weighted by Crippen LogP contribution is 2.34.